The molecule has 0 aromatic heterocycles. The first-order valence-electron chi connectivity index (χ1n) is 4.50. The SMILES string of the molecule is C[C@@H]1CN(CC(N)=NO)CC[C@H]1O. The lowest BCUT2D eigenvalue weighted by molar-refractivity contribution is 0.0408. The molecule has 0 bridgehead atoms. The van der Waals surface area contributed by atoms with Crippen LogP contribution < -0.4 is 5.73 Å². The number of hydrogen-bond acceptors (Lipinski definition) is 4. The van der Waals surface area contributed by atoms with Gasteiger partial charge in [0.15, 0.2) is 5.84 Å². The van der Waals surface area contributed by atoms with Crippen LogP contribution in [0.5, 0.6) is 0 Å². The molecule has 5 nitrogen and oxygen atoms in total. The van der Waals surface area contributed by atoms with Gasteiger partial charge in [-0.2, -0.15) is 0 Å². The topological polar surface area (TPSA) is 82.1 Å². The van der Waals surface area contributed by atoms with Gasteiger partial charge in [0, 0.05) is 13.1 Å². The van der Waals surface area contributed by atoms with Crippen LogP contribution in [0.1, 0.15) is 13.3 Å². The van der Waals surface area contributed by atoms with Crippen LogP contribution in [0, 0.1) is 5.92 Å². The van der Waals surface area contributed by atoms with E-state index in [1.54, 1.807) is 0 Å². The zero-order chi connectivity index (χ0) is 9.84. The second kappa shape index (κ2) is 4.43. The molecule has 1 heterocycles. The minimum Gasteiger partial charge on any atom is -0.409 e. The van der Waals surface area contributed by atoms with E-state index >= 15 is 0 Å². The highest BCUT2D eigenvalue weighted by atomic mass is 16.4. The van der Waals surface area contributed by atoms with Crippen LogP contribution in [-0.2, 0) is 0 Å². The molecule has 0 aromatic carbocycles. The van der Waals surface area contributed by atoms with Crippen LogP contribution in [0.3, 0.4) is 0 Å². The molecule has 76 valence electrons. The zero-order valence-corrected chi connectivity index (χ0v) is 7.85. The molecule has 1 aliphatic heterocycles. The van der Waals surface area contributed by atoms with Crippen molar-refractivity contribution in [3.05, 3.63) is 0 Å². The van der Waals surface area contributed by atoms with E-state index in [4.69, 9.17) is 10.9 Å². The van der Waals surface area contributed by atoms with Crippen LogP contribution in [-0.4, -0.2) is 46.8 Å². The molecule has 0 unspecified atom stereocenters. The summed E-state index contributed by atoms with van der Waals surface area (Å²) in [7, 11) is 0. The Morgan fingerprint density at radius 2 is 2.38 bits per heavy atom. The molecule has 4 N–H and O–H groups in total. The summed E-state index contributed by atoms with van der Waals surface area (Å²) in [6.45, 7) is 4.09. The van der Waals surface area contributed by atoms with E-state index in [0.717, 1.165) is 19.5 Å². The van der Waals surface area contributed by atoms with E-state index in [9.17, 15) is 5.11 Å². The summed E-state index contributed by atoms with van der Waals surface area (Å²) in [5, 5.41) is 20.7. The summed E-state index contributed by atoms with van der Waals surface area (Å²) in [5.74, 6) is 0.490. The molecule has 1 rings (SSSR count). The quantitative estimate of drug-likeness (QED) is 0.234. The lowest BCUT2D eigenvalue weighted by Gasteiger charge is -2.33. The van der Waals surface area contributed by atoms with E-state index in [-0.39, 0.29) is 17.9 Å². The summed E-state index contributed by atoms with van der Waals surface area (Å²) >= 11 is 0. The molecule has 2 atom stereocenters. The maximum atomic E-state index is 9.45. The fourth-order valence-electron chi connectivity index (χ4n) is 1.62. The number of piperidine rings is 1. The molecule has 0 spiro atoms. The molecule has 0 aliphatic carbocycles. The summed E-state index contributed by atoms with van der Waals surface area (Å²) in [6.07, 6.45) is 0.559. The number of likely N-dealkylation sites (tertiary alicyclic amines) is 1. The second-order valence-corrected chi connectivity index (χ2v) is 3.66. The Hall–Kier alpha value is -0.810. The van der Waals surface area contributed by atoms with Gasteiger partial charge in [-0.3, -0.25) is 4.90 Å². The maximum absolute atomic E-state index is 9.45. The lowest BCUT2D eigenvalue weighted by Crippen LogP contribution is -2.45. The van der Waals surface area contributed by atoms with E-state index in [1.807, 2.05) is 6.92 Å². The van der Waals surface area contributed by atoms with Crippen LogP contribution in [0.25, 0.3) is 0 Å². The van der Waals surface area contributed by atoms with Crippen LogP contribution >= 0.6 is 0 Å². The van der Waals surface area contributed by atoms with Gasteiger partial charge in [0.05, 0.1) is 12.6 Å². The molecule has 1 saturated heterocycles. The van der Waals surface area contributed by atoms with Gasteiger partial charge in [0.2, 0.25) is 0 Å². The van der Waals surface area contributed by atoms with Crippen molar-refractivity contribution in [3.63, 3.8) is 0 Å². The highest BCUT2D eigenvalue weighted by Gasteiger charge is 2.24. The third-order valence-electron chi connectivity index (χ3n) is 2.46. The van der Waals surface area contributed by atoms with Crippen LogP contribution in [0.4, 0.5) is 0 Å². The fourth-order valence-corrected chi connectivity index (χ4v) is 1.62. The molecule has 0 amide bonds. The largest absolute Gasteiger partial charge is 0.409 e. The minimum absolute atomic E-state index is 0.205. The van der Waals surface area contributed by atoms with E-state index in [0.29, 0.717) is 6.54 Å². The van der Waals surface area contributed by atoms with E-state index in [1.165, 1.54) is 0 Å². The Bertz CT molecular complexity index is 196. The van der Waals surface area contributed by atoms with Gasteiger partial charge in [0.25, 0.3) is 0 Å². The van der Waals surface area contributed by atoms with Crippen LogP contribution in [0.2, 0.25) is 0 Å². The summed E-state index contributed by atoms with van der Waals surface area (Å²) < 4.78 is 0. The van der Waals surface area contributed by atoms with Crippen molar-refractivity contribution in [3.8, 4) is 0 Å². The number of aliphatic hydroxyl groups excluding tert-OH is 1. The lowest BCUT2D eigenvalue weighted by atomic mass is 9.97. The Morgan fingerprint density at radius 3 is 2.92 bits per heavy atom. The predicted molar refractivity (Wildman–Crippen MR) is 49.6 cm³/mol. The van der Waals surface area contributed by atoms with Crippen molar-refractivity contribution in [2.75, 3.05) is 19.6 Å². The fraction of sp³-hybridized carbons (Fsp3) is 0.875. The van der Waals surface area contributed by atoms with Gasteiger partial charge in [-0.25, -0.2) is 0 Å². The van der Waals surface area contributed by atoms with Crippen molar-refractivity contribution in [2.24, 2.45) is 16.8 Å². The van der Waals surface area contributed by atoms with Crippen LogP contribution in [0.15, 0.2) is 5.16 Å². The molecule has 5 heteroatoms. The Balaban J connectivity index is 2.37. The van der Waals surface area contributed by atoms with Gasteiger partial charge < -0.3 is 16.0 Å². The van der Waals surface area contributed by atoms with Crippen molar-refractivity contribution in [1.82, 2.24) is 4.90 Å². The molecule has 0 aromatic rings. The summed E-state index contributed by atoms with van der Waals surface area (Å²) in [4.78, 5) is 2.08. The average Bonchev–Trinajstić information content (AvgIpc) is 2.11. The first-order valence-corrected chi connectivity index (χ1v) is 4.50. The molecule has 1 fully saturated rings. The highest BCUT2D eigenvalue weighted by Crippen LogP contribution is 2.15. The number of hydrogen-bond donors (Lipinski definition) is 3. The normalized spacial score (nSPS) is 32.0. The number of oxime groups is 1. The maximum Gasteiger partial charge on any atom is 0.153 e. The van der Waals surface area contributed by atoms with Crippen molar-refractivity contribution >= 4 is 5.84 Å². The number of nitrogens with two attached hydrogens (primary N) is 1. The smallest absolute Gasteiger partial charge is 0.153 e. The molecule has 0 saturated carbocycles. The van der Waals surface area contributed by atoms with Crippen molar-refractivity contribution in [2.45, 2.75) is 19.4 Å². The minimum atomic E-state index is -0.205. The predicted octanol–water partition coefficient (Wildman–Crippen LogP) is -0.564. The molecular weight excluding hydrogens is 170 g/mol. The van der Waals surface area contributed by atoms with Gasteiger partial charge in [0.1, 0.15) is 0 Å². The molecule has 13 heavy (non-hydrogen) atoms. The number of nitrogens with zero attached hydrogens (tertiary/aromatic N) is 2. The van der Waals surface area contributed by atoms with Crippen molar-refractivity contribution in [1.29, 1.82) is 0 Å². The monoisotopic (exact) mass is 187 g/mol. The number of aliphatic hydroxyl groups is 1. The average molecular weight is 187 g/mol. The second-order valence-electron chi connectivity index (χ2n) is 3.66. The Kier molecular flexibility index (Phi) is 3.50. The standard InChI is InChI=1S/C8H17N3O2/c1-6-4-11(3-2-7(6)12)5-8(9)10-13/h6-7,12-13H,2-5H2,1H3,(H2,9,10)/t6-,7-/m1/s1. The number of rotatable bonds is 2. The molecular formula is C8H17N3O2. The van der Waals surface area contributed by atoms with Gasteiger partial charge in [-0.05, 0) is 12.3 Å². The molecule has 0 radical (unpaired) electrons. The van der Waals surface area contributed by atoms with Crippen molar-refractivity contribution < 1.29 is 10.3 Å². The zero-order valence-electron chi connectivity index (χ0n) is 7.85. The number of amidine groups is 1. The first kappa shape index (κ1) is 10.3. The Morgan fingerprint density at radius 1 is 1.69 bits per heavy atom. The highest BCUT2D eigenvalue weighted by molar-refractivity contribution is 5.81. The first-order chi connectivity index (χ1) is 6.13. The van der Waals surface area contributed by atoms with Gasteiger partial charge >= 0.3 is 0 Å². The third-order valence-corrected chi connectivity index (χ3v) is 2.46. The van der Waals surface area contributed by atoms with E-state index < -0.39 is 0 Å². The van der Waals surface area contributed by atoms with E-state index in [2.05, 4.69) is 10.1 Å². The summed E-state index contributed by atoms with van der Waals surface area (Å²) in [6, 6.07) is 0. The van der Waals surface area contributed by atoms with Gasteiger partial charge in [-0.15, -0.1) is 0 Å². The Labute approximate surface area is 77.8 Å². The third kappa shape index (κ3) is 2.86. The van der Waals surface area contributed by atoms with Gasteiger partial charge in [-0.1, -0.05) is 12.1 Å². The molecule has 1 aliphatic rings. The summed E-state index contributed by atoms with van der Waals surface area (Å²) in [5.41, 5.74) is 5.38.